The van der Waals surface area contributed by atoms with E-state index in [9.17, 15) is 0 Å². The zero-order valence-corrected chi connectivity index (χ0v) is 10.3. The molecule has 0 amide bonds. The lowest BCUT2D eigenvalue weighted by Gasteiger charge is -2.22. The molecule has 1 aliphatic rings. The Morgan fingerprint density at radius 3 is 2.89 bits per heavy atom. The molecule has 1 aromatic rings. The fourth-order valence-electron chi connectivity index (χ4n) is 1.80. The zero-order valence-electron chi connectivity index (χ0n) is 10.3. The molecular weight excluding hydrogens is 236 g/mol. The van der Waals surface area contributed by atoms with E-state index in [0.717, 1.165) is 32.6 Å². The Kier molecular flexibility index (Phi) is 4.48. The van der Waals surface area contributed by atoms with Gasteiger partial charge in [0.1, 0.15) is 0 Å². The van der Waals surface area contributed by atoms with Crippen LogP contribution in [0.1, 0.15) is 12.8 Å². The number of ether oxygens (including phenoxy) is 2. The van der Waals surface area contributed by atoms with Crippen LogP contribution in [0.15, 0.2) is 0 Å². The molecule has 2 rings (SSSR count). The van der Waals surface area contributed by atoms with Gasteiger partial charge < -0.3 is 14.8 Å². The summed E-state index contributed by atoms with van der Waals surface area (Å²) in [7, 11) is 1.49. The number of nitrogen functional groups attached to an aromatic ring is 1. The predicted molar refractivity (Wildman–Crippen MR) is 66.2 cm³/mol. The Bertz CT molecular complexity index is 360. The second-order valence-corrected chi connectivity index (χ2v) is 4.08. The Hall–Kier alpha value is -1.67. The van der Waals surface area contributed by atoms with E-state index in [1.807, 2.05) is 0 Å². The van der Waals surface area contributed by atoms with Crippen LogP contribution in [-0.4, -0.2) is 41.8 Å². The van der Waals surface area contributed by atoms with E-state index in [-0.39, 0.29) is 12.0 Å². The first kappa shape index (κ1) is 12.8. The minimum absolute atomic E-state index is 0.223. The third-order valence-electron chi connectivity index (χ3n) is 2.73. The second kappa shape index (κ2) is 6.31. The van der Waals surface area contributed by atoms with Crippen molar-refractivity contribution in [3.8, 4) is 6.01 Å². The van der Waals surface area contributed by atoms with Crippen molar-refractivity contribution in [3.05, 3.63) is 0 Å². The minimum atomic E-state index is 0.223. The summed E-state index contributed by atoms with van der Waals surface area (Å²) in [6, 6.07) is 0.223. The Morgan fingerprint density at radius 1 is 1.39 bits per heavy atom. The summed E-state index contributed by atoms with van der Waals surface area (Å²) in [4.78, 5) is 12.1. The van der Waals surface area contributed by atoms with Gasteiger partial charge in [0.05, 0.1) is 13.7 Å². The van der Waals surface area contributed by atoms with Crippen molar-refractivity contribution in [1.82, 2.24) is 15.0 Å². The molecule has 0 radical (unpaired) electrons. The van der Waals surface area contributed by atoms with Crippen LogP contribution in [0.5, 0.6) is 6.01 Å². The number of anilines is 2. The molecule has 2 heterocycles. The average molecular weight is 254 g/mol. The smallest absolute Gasteiger partial charge is 0.322 e. The maximum atomic E-state index is 5.41. The molecule has 0 aliphatic carbocycles. The van der Waals surface area contributed by atoms with Crippen LogP contribution >= 0.6 is 0 Å². The van der Waals surface area contributed by atoms with E-state index in [1.165, 1.54) is 7.11 Å². The highest BCUT2D eigenvalue weighted by Crippen LogP contribution is 2.15. The number of hydrazine groups is 1. The molecule has 1 saturated heterocycles. The van der Waals surface area contributed by atoms with Gasteiger partial charge in [-0.25, -0.2) is 5.84 Å². The number of methoxy groups -OCH3 is 1. The molecule has 100 valence electrons. The Balaban J connectivity index is 1.94. The second-order valence-electron chi connectivity index (χ2n) is 4.08. The van der Waals surface area contributed by atoms with Gasteiger partial charge in [0.2, 0.25) is 11.9 Å². The lowest BCUT2D eigenvalue weighted by atomic mass is 10.0. The van der Waals surface area contributed by atoms with Crippen LogP contribution in [0.4, 0.5) is 11.9 Å². The summed E-state index contributed by atoms with van der Waals surface area (Å²) in [5, 5.41) is 3.15. The van der Waals surface area contributed by atoms with Crippen molar-refractivity contribution in [2.45, 2.75) is 12.8 Å². The molecule has 8 heteroatoms. The molecule has 8 nitrogen and oxygen atoms in total. The van der Waals surface area contributed by atoms with E-state index >= 15 is 0 Å². The third kappa shape index (κ3) is 3.41. The summed E-state index contributed by atoms with van der Waals surface area (Å²) in [5.74, 6) is 6.47. The topological polar surface area (TPSA) is 107 Å². The maximum absolute atomic E-state index is 5.41. The van der Waals surface area contributed by atoms with E-state index < -0.39 is 0 Å². The number of nitrogens with zero attached hydrogens (tertiary/aromatic N) is 3. The molecular formula is C10H18N6O2. The molecule has 0 saturated carbocycles. The minimum Gasteiger partial charge on any atom is -0.467 e. The lowest BCUT2D eigenvalue weighted by molar-refractivity contribution is 0.0594. The van der Waals surface area contributed by atoms with E-state index in [1.54, 1.807) is 0 Å². The van der Waals surface area contributed by atoms with Crippen molar-refractivity contribution in [2.24, 2.45) is 11.8 Å². The van der Waals surface area contributed by atoms with Gasteiger partial charge in [-0.15, -0.1) is 0 Å². The summed E-state index contributed by atoms with van der Waals surface area (Å²) in [5.41, 5.74) is 2.37. The summed E-state index contributed by atoms with van der Waals surface area (Å²) >= 11 is 0. The summed E-state index contributed by atoms with van der Waals surface area (Å²) < 4.78 is 10.4. The first-order valence-corrected chi connectivity index (χ1v) is 5.90. The van der Waals surface area contributed by atoms with Crippen LogP contribution < -0.4 is 21.3 Å². The molecule has 0 aromatic carbocycles. The van der Waals surface area contributed by atoms with Gasteiger partial charge >= 0.3 is 6.01 Å². The van der Waals surface area contributed by atoms with Gasteiger partial charge in [0, 0.05) is 13.2 Å². The van der Waals surface area contributed by atoms with Crippen LogP contribution in [-0.2, 0) is 4.74 Å². The van der Waals surface area contributed by atoms with Gasteiger partial charge in [0.25, 0.3) is 0 Å². The van der Waals surface area contributed by atoms with Crippen molar-refractivity contribution in [1.29, 1.82) is 0 Å². The number of nitrogens with two attached hydrogens (primary N) is 1. The highest BCUT2D eigenvalue weighted by atomic mass is 16.5. The first-order valence-electron chi connectivity index (χ1n) is 5.90. The molecule has 1 atom stereocenters. The molecule has 0 spiro atoms. The molecule has 0 bridgehead atoms. The van der Waals surface area contributed by atoms with Crippen molar-refractivity contribution < 1.29 is 9.47 Å². The highest BCUT2D eigenvalue weighted by Gasteiger charge is 2.14. The fraction of sp³-hybridized carbons (Fsp3) is 0.700. The normalized spacial score (nSPS) is 19.3. The van der Waals surface area contributed by atoms with Crippen LogP contribution in [0.3, 0.4) is 0 Å². The number of rotatable bonds is 5. The van der Waals surface area contributed by atoms with Crippen molar-refractivity contribution in [2.75, 3.05) is 37.6 Å². The van der Waals surface area contributed by atoms with Crippen LogP contribution in [0, 0.1) is 5.92 Å². The standard InChI is InChI=1S/C10H18N6O2/c1-17-10-14-8(13-9(15-10)16-11)12-5-7-3-2-4-18-6-7/h7H,2-6,11H2,1H3,(H2,12,13,14,15,16). The third-order valence-corrected chi connectivity index (χ3v) is 2.73. The molecule has 18 heavy (non-hydrogen) atoms. The fourth-order valence-corrected chi connectivity index (χ4v) is 1.80. The quantitative estimate of drug-likeness (QED) is 0.498. The number of nitrogens with one attached hydrogen (secondary N) is 2. The largest absolute Gasteiger partial charge is 0.467 e. The van der Waals surface area contributed by atoms with E-state index in [4.69, 9.17) is 15.3 Å². The summed E-state index contributed by atoms with van der Waals surface area (Å²) in [6.45, 7) is 2.39. The van der Waals surface area contributed by atoms with Crippen molar-refractivity contribution >= 4 is 11.9 Å². The monoisotopic (exact) mass is 254 g/mol. The Morgan fingerprint density at radius 2 is 2.22 bits per heavy atom. The number of aromatic nitrogens is 3. The SMILES string of the molecule is COc1nc(NN)nc(NCC2CCCOC2)n1. The van der Waals surface area contributed by atoms with Gasteiger partial charge in [-0.2, -0.15) is 15.0 Å². The maximum Gasteiger partial charge on any atom is 0.322 e. The number of hydrogen-bond acceptors (Lipinski definition) is 8. The van der Waals surface area contributed by atoms with E-state index in [0.29, 0.717) is 11.9 Å². The lowest BCUT2D eigenvalue weighted by Crippen LogP contribution is -2.25. The van der Waals surface area contributed by atoms with Crippen LogP contribution in [0.2, 0.25) is 0 Å². The van der Waals surface area contributed by atoms with Gasteiger partial charge in [-0.05, 0) is 18.8 Å². The summed E-state index contributed by atoms with van der Waals surface area (Å²) in [6.07, 6.45) is 2.25. The van der Waals surface area contributed by atoms with E-state index in [2.05, 4.69) is 25.7 Å². The molecule has 1 aliphatic heterocycles. The molecule has 1 aromatic heterocycles. The van der Waals surface area contributed by atoms with Gasteiger partial charge in [0.15, 0.2) is 0 Å². The molecule has 1 unspecified atom stereocenters. The van der Waals surface area contributed by atoms with Gasteiger partial charge in [-0.3, -0.25) is 5.43 Å². The Labute approximate surface area is 105 Å². The van der Waals surface area contributed by atoms with Crippen molar-refractivity contribution in [3.63, 3.8) is 0 Å². The molecule has 4 N–H and O–H groups in total. The van der Waals surface area contributed by atoms with Crippen LogP contribution in [0.25, 0.3) is 0 Å². The zero-order chi connectivity index (χ0) is 12.8. The highest BCUT2D eigenvalue weighted by molar-refractivity contribution is 5.34. The number of hydrogen-bond donors (Lipinski definition) is 3. The van der Waals surface area contributed by atoms with Gasteiger partial charge in [-0.1, -0.05) is 0 Å². The average Bonchev–Trinajstić information content (AvgIpc) is 2.45. The first-order chi connectivity index (χ1) is 8.81. The predicted octanol–water partition coefficient (Wildman–Crippen LogP) is 0.00430. The molecule has 1 fully saturated rings.